The summed E-state index contributed by atoms with van der Waals surface area (Å²) in [5.41, 5.74) is 8.34. The maximum Gasteiger partial charge on any atom is 0.160 e. The van der Waals surface area contributed by atoms with E-state index in [1.165, 1.54) is 0 Å². The fraction of sp³-hybridized carbons (Fsp3) is 0.400. The summed E-state index contributed by atoms with van der Waals surface area (Å²) in [6, 6.07) is 3.61. The number of nitrogens with one attached hydrogen (secondary N) is 1. The van der Waals surface area contributed by atoms with Crippen LogP contribution in [-0.2, 0) is 0 Å². The van der Waals surface area contributed by atoms with E-state index >= 15 is 0 Å². The zero-order valence-electron chi connectivity index (χ0n) is 8.81. The van der Waals surface area contributed by atoms with Gasteiger partial charge in [-0.3, -0.25) is 0 Å². The largest absolute Gasteiger partial charge is 0.397 e. The van der Waals surface area contributed by atoms with Crippen molar-refractivity contribution in [3.63, 3.8) is 0 Å². The number of benzene rings is 1. The van der Waals surface area contributed by atoms with Crippen molar-refractivity contribution in [2.45, 2.75) is 12.8 Å². The molecule has 0 radical (unpaired) electrons. The molecule has 0 aliphatic heterocycles. The zero-order valence-corrected chi connectivity index (χ0v) is 8.81. The van der Waals surface area contributed by atoms with Gasteiger partial charge in [0.05, 0.1) is 11.4 Å². The van der Waals surface area contributed by atoms with Crippen LogP contribution in [0.1, 0.15) is 12.8 Å². The first-order chi connectivity index (χ1) is 7.83. The standard InChI is InChI=1S/C10H14N4O2/c11-7-3-4-8(12-5-1-2-6-15)10-9(7)13-16-14-10/h3-4,12,15H,1-2,5-6,11H2. The summed E-state index contributed by atoms with van der Waals surface area (Å²) in [7, 11) is 0. The maximum atomic E-state index is 8.66. The molecular formula is C10H14N4O2. The summed E-state index contributed by atoms with van der Waals surface area (Å²) in [6.45, 7) is 0.983. The first kappa shape index (κ1) is 10.7. The SMILES string of the molecule is Nc1ccc(NCCCCO)c2nonc12. The average molecular weight is 222 g/mol. The van der Waals surface area contributed by atoms with E-state index in [2.05, 4.69) is 20.3 Å². The molecule has 0 atom stereocenters. The van der Waals surface area contributed by atoms with Gasteiger partial charge >= 0.3 is 0 Å². The molecule has 4 N–H and O–H groups in total. The second-order valence-corrected chi connectivity index (χ2v) is 3.52. The molecule has 0 saturated carbocycles. The molecule has 0 aliphatic carbocycles. The number of anilines is 2. The van der Waals surface area contributed by atoms with Gasteiger partial charge in [-0.15, -0.1) is 0 Å². The van der Waals surface area contributed by atoms with Crippen molar-refractivity contribution >= 4 is 22.4 Å². The number of aliphatic hydroxyl groups excluding tert-OH is 1. The van der Waals surface area contributed by atoms with Crippen LogP contribution in [0, 0.1) is 0 Å². The van der Waals surface area contributed by atoms with Crippen molar-refractivity contribution in [3.8, 4) is 0 Å². The molecule has 16 heavy (non-hydrogen) atoms. The van der Waals surface area contributed by atoms with Gasteiger partial charge in [0.15, 0.2) is 11.0 Å². The molecule has 0 saturated heterocycles. The summed E-state index contributed by atoms with van der Waals surface area (Å²) in [5, 5.41) is 19.4. The van der Waals surface area contributed by atoms with E-state index < -0.39 is 0 Å². The summed E-state index contributed by atoms with van der Waals surface area (Å²) in [5.74, 6) is 0. The third kappa shape index (κ3) is 2.06. The quantitative estimate of drug-likeness (QED) is 0.515. The van der Waals surface area contributed by atoms with Crippen LogP contribution in [-0.4, -0.2) is 28.6 Å². The Bertz CT molecular complexity index is 469. The maximum absolute atomic E-state index is 8.66. The number of fused-ring (bicyclic) bond motifs is 1. The lowest BCUT2D eigenvalue weighted by atomic mass is 10.2. The number of nitrogens with zero attached hydrogens (tertiary/aromatic N) is 2. The Labute approximate surface area is 92.4 Å². The lowest BCUT2D eigenvalue weighted by Crippen LogP contribution is -2.03. The minimum Gasteiger partial charge on any atom is -0.397 e. The normalized spacial score (nSPS) is 10.8. The highest BCUT2D eigenvalue weighted by atomic mass is 16.6. The smallest absolute Gasteiger partial charge is 0.160 e. The van der Waals surface area contributed by atoms with Crippen molar-refractivity contribution in [1.82, 2.24) is 10.3 Å². The summed E-state index contributed by atoms with van der Waals surface area (Å²) >= 11 is 0. The molecule has 0 aliphatic rings. The van der Waals surface area contributed by atoms with Crippen LogP contribution in [0.2, 0.25) is 0 Å². The average Bonchev–Trinajstić information content (AvgIpc) is 2.77. The number of aromatic nitrogens is 2. The van der Waals surface area contributed by atoms with E-state index in [-0.39, 0.29) is 6.61 Å². The highest BCUT2D eigenvalue weighted by Crippen LogP contribution is 2.24. The van der Waals surface area contributed by atoms with Gasteiger partial charge in [0.1, 0.15) is 0 Å². The molecule has 0 fully saturated rings. The van der Waals surface area contributed by atoms with Crippen LogP contribution in [0.15, 0.2) is 16.8 Å². The van der Waals surface area contributed by atoms with Crippen LogP contribution >= 0.6 is 0 Å². The molecule has 0 bridgehead atoms. The summed E-state index contributed by atoms with van der Waals surface area (Å²) < 4.78 is 4.65. The predicted molar refractivity (Wildman–Crippen MR) is 61.0 cm³/mol. The van der Waals surface area contributed by atoms with Gasteiger partial charge in [-0.05, 0) is 35.3 Å². The fourth-order valence-corrected chi connectivity index (χ4v) is 1.49. The van der Waals surface area contributed by atoms with E-state index in [0.29, 0.717) is 16.7 Å². The Morgan fingerprint density at radius 1 is 1.25 bits per heavy atom. The Morgan fingerprint density at radius 2 is 2.06 bits per heavy atom. The Balaban J connectivity index is 2.12. The minimum absolute atomic E-state index is 0.213. The van der Waals surface area contributed by atoms with Gasteiger partial charge in [0.2, 0.25) is 0 Å². The fourth-order valence-electron chi connectivity index (χ4n) is 1.49. The van der Waals surface area contributed by atoms with E-state index in [9.17, 15) is 0 Å². The van der Waals surface area contributed by atoms with Crippen molar-refractivity contribution in [3.05, 3.63) is 12.1 Å². The van der Waals surface area contributed by atoms with Crippen LogP contribution in [0.4, 0.5) is 11.4 Å². The lowest BCUT2D eigenvalue weighted by molar-refractivity contribution is 0.286. The number of nitrogen functional groups attached to an aromatic ring is 1. The molecule has 6 heteroatoms. The molecule has 6 nitrogen and oxygen atoms in total. The molecule has 0 amide bonds. The Morgan fingerprint density at radius 3 is 2.88 bits per heavy atom. The van der Waals surface area contributed by atoms with Crippen LogP contribution in [0.5, 0.6) is 0 Å². The van der Waals surface area contributed by atoms with E-state index in [0.717, 1.165) is 25.1 Å². The molecule has 86 valence electrons. The molecule has 2 aromatic rings. The van der Waals surface area contributed by atoms with Crippen LogP contribution in [0.25, 0.3) is 11.0 Å². The summed E-state index contributed by atoms with van der Waals surface area (Å²) in [4.78, 5) is 0. The summed E-state index contributed by atoms with van der Waals surface area (Å²) in [6.07, 6.45) is 1.68. The monoisotopic (exact) mass is 222 g/mol. The van der Waals surface area contributed by atoms with Gasteiger partial charge in [-0.25, -0.2) is 4.63 Å². The molecule has 0 unspecified atom stereocenters. The molecular weight excluding hydrogens is 208 g/mol. The highest BCUT2D eigenvalue weighted by Gasteiger charge is 2.08. The van der Waals surface area contributed by atoms with E-state index in [1.54, 1.807) is 6.07 Å². The van der Waals surface area contributed by atoms with Crippen LogP contribution in [0.3, 0.4) is 0 Å². The molecule has 1 aromatic carbocycles. The van der Waals surface area contributed by atoms with Crippen LogP contribution < -0.4 is 11.1 Å². The number of rotatable bonds is 5. The number of unbranched alkanes of at least 4 members (excludes halogenated alkanes) is 1. The molecule has 1 heterocycles. The van der Waals surface area contributed by atoms with Gasteiger partial charge in [0.25, 0.3) is 0 Å². The Kier molecular flexibility index (Phi) is 3.21. The molecule has 1 aromatic heterocycles. The zero-order chi connectivity index (χ0) is 11.4. The molecule has 2 rings (SSSR count). The first-order valence-corrected chi connectivity index (χ1v) is 5.18. The number of aliphatic hydroxyl groups is 1. The van der Waals surface area contributed by atoms with Gasteiger partial charge < -0.3 is 16.2 Å². The Hall–Kier alpha value is -1.82. The highest BCUT2D eigenvalue weighted by molar-refractivity contribution is 5.94. The van der Waals surface area contributed by atoms with Crippen molar-refractivity contribution < 1.29 is 9.74 Å². The second-order valence-electron chi connectivity index (χ2n) is 3.52. The predicted octanol–water partition coefficient (Wildman–Crippen LogP) is 0.989. The number of hydrogen-bond acceptors (Lipinski definition) is 6. The minimum atomic E-state index is 0.213. The van der Waals surface area contributed by atoms with Gasteiger partial charge in [-0.2, -0.15) is 0 Å². The second kappa shape index (κ2) is 4.80. The third-order valence-electron chi connectivity index (χ3n) is 2.35. The molecule has 0 spiro atoms. The van der Waals surface area contributed by atoms with E-state index in [4.69, 9.17) is 10.8 Å². The van der Waals surface area contributed by atoms with Gasteiger partial charge in [-0.1, -0.05) is 0 Å². The first-order valence-electron chi connectivity index (χ1n) is 5.18. The van der Waals surface area contributed by atoms with Gasteiger partial charge in [0, 0.05) is 13.2 Å². The van der Waals surface area contributed by atoms with Crippen molar-refractivity contribution in [1.29, 1.82) is 0 Å². The topological polar surface area (TPSA) is 97.2 Å². The van der Waals surface area contributed by atoms with Crippen molar-refractivity contribution in [2.24, 2.45) is 0 Å². The lowest BCUT2D eigenvalue weighted by Gasteiger charge is -2.05. The van der Waals surface area contributed by atoms with Crippen molar-refractivity contribution in [2.75, 3.05) is 24.2 Å². The third-order valence-corrected chi connectivity index (χ3v) is 2.35. The number of hydrogen-bond donors (Lipinski definition) is 3. The van der Waals surface area contributed by atoms with E-state index in [1.807, 2.05) is 6.07 Å². The number of nitrogens with two attached hydrogens (primary N) is 1.